The molecule has 0 fully saturated rings. The van der Waals surface area contributed by atoms with E-state index in [2.05, 4.69) is 31.9 Å². The molecule has 0 spiro atoms. The Bertz CT molecular complexity index is 886. The minimum absolute atomic E-state index is 0.0860. The topological polar surface area (TPSA) is 55.8 Å². The average Bonchev–Trinajstić information content (AvgIpc) is 2.82. The van der Waals surface area contributed by atoms with E-state index in [1.54, 1.807) is 6.07 Å². The second-order valence-electron chi connectivity index (χ2n) is 4.86. The van der Waals surface area contributed by atoms with Gasteiger partial charge in [-0.1, -0.05) is 23.2 Å². The number of Topliss-reactive ketones (excluding diaryl/α,β-unsaturated/α-hetero) is 1. The number of aromatic hydroxyl groups is 1. The van der Waals surface area contributed by atoms with Crippen LogP contribution in [0.1, 0.15) is 15.9 Å². The first-order chi connectivity index (χ1) is 11.3. The molecule has 2 aromatic carbocycles. The predicted octanol–water partition coefficient (Wildman–Crippen LogP) is 5.85. The van der Waals surface area contributed by atoms with Crippen molar-refractivity contribution in [3.63, 3.8) is 0 Å². The molecular weight excluding hydrogens is 487 g/mol. The fourth-order valence-corrected chi connectivity index (χ4v) is 4.27. The third-order valence-corrected chi connectivity index (χ3v) is 5.24. The maximum atomic E-state index is 12.6. The molecule has 0 saturated heterocycles. The lowest BCUT2D eigenvalue weighted by molar-refractivity contribution is 0.101. The first-order valence-electron chi connectivity index (χ1n) is 6.51. The number of allylic oxidation sites excluding steroid dienone is 1. The van der Waals surface area contributed by atoms with Crippen molar-refractivity contribution in [2.75, 3.05) is 7.11 Å². The summed E-state index contributed by atoms with van der Waals surface area (Å²) in [5.74, 6) is 0.526. The largest absolute Gasteiger partial charge is 0.505 e. The van der Waals surface area contributed by atoms with Crippen molar-refractivity contribution in [3.8, 4) is 17.2 Å². The standard InChI is InChI=1S/C16H8Br2Cl2O4/c1-23-16-8(17)5-7-13(21)11(24-15(7)12(16)18)4-6-2-9(19)14(22)10(20)3-6/h2-5,22H,1H3/b11-4-. The van der Waals surface area contributed by atoms with Crippen LogP contribution in [0, 0.1) is 0 Å². The maximum Gasteiger partial charge on any atom is 0.232 e. The average molecular weight is 495 g/mol. The third-order valence-electron chi connectivity index (χ3n) is 3.35. The van der Waals surface area contributed by atoms with Crippen LogP contribution in [0.3, 0.4) is 0 Å². The predicted molar refractivity (Wildman–Crippen MR) is 99.5 cm³/mol. The van der Waals surface area contributed by atoms with Gasteiger partial charge in [-0.05, 0) is 61.7 Å². The van der Waals surface area contributed by atoms with Gasteiger partial charge in [0.25, 0.3) is 0 Å². The lowest BCUT2D eigenvalue weighted by atomic mass is 10.1. The third kappa shape index (κ3) is 2.92. The van der Waals surface area contributed by atoms with E-state index in [9.17, 15) is 9.90 Å². The normalized spacial score (nSPS) is 14.7. The number of hydrogen-bond donors (Lipinski definition) is 1. The van der Waals surface area contributed by atoms with Gasteiger partial charge in [0, 0.05) is 0 Å². The highest BCUT2D eigenvalue weighted by molar-refractivity contribution is 9.11. The molecule has 0 aromatic heterocycles. The molecule has 0 atom stereocenters. The molecule has 2 aromatic rings. The van der Waals surface area contributed by atoms with Gasteiger partial charge in [0.05, 0.1) is 27.2 Å². The lowest BCUT2D eigenvalue weighted by Gasteiger charge is -2.09. The van der Waals surface area contributed by atoms with Crippen molar-refractivity contribution >= 4 is 66.9 Å². The fraction of sp³-hybridized carbons (Fsp3) is 0.0625. The van der Waals surface area contributed by atoms with Gasteiger partial charge >= 0.3 is 0 Å². The quantitative estimate of drug-likeness (QED) is 0.532. The van der Waals surface area contributed by atoms with E-state index >= 15 is 0 Å². The van der Waals surface area contributed by atoms with E-state index in [4.69, 9.17) is 32.7 Å². The number of phenols is 1. The van der Waals surface area contributed by atoms with E-state index in [1.165, 1.54) is 25.3 Å². The van der Waals surface area contributed by atoms with Gasteiger partial charge in [-0.3, -0.25) is 4.79 Å². The summed E-state index contributed by atoms with van der Waals surface area (Å²) in [5.41, 5.74) is 0.929. The van der Waals surface area contributed by atoms with E-state index < -0.39 is 0 Å². The molecule has 8 heteroatoms. The van der Waals surface area contributed by atoms with Crippen LogP contribution in [0.4, 0.5) is 0 Å². The highest BCUT2D eigenvalue weighted by atomic mass is 79.9. The van der Waals surface area contributed by atoms with Crippen LogP contribution in [0.25, 0.3) is 6.08 Å². The molecule has 4 nitrogen and oxygen atoms in total. The second kappa shape index (κ2) is 6.59. The fourth-order valence-electron chi connectivity index (χ4n) is 2.24. The van der Waals surface area contributed by atoms with E-state index in [-0.39, 0.29) is 27.3 Å². The Balaban J connectivity index is 2.07. The number of phenolic OH excluding ortho intramolecular Hbond substituents is 1. The summed E-state index contributed by atoms with van der Waals surface area (Å²) in [4.78, 5) is 12.6. The van der Waals surface area contributed by atoms with Crippen LogP contribution < -0.4 is 9.47 Å². The van der Waals surface area contributed by atoms with Crippen molar-refractivity contribution in [2.24, 2.45) is 0 Å². The first kappa shape index (κ1) is 17.6. The minimum atomic E-state index is -0.283. The number of methoxy groups -OCH3 is 1. The summed E-state index contributed by atoms with van der Waals surface area (Å²) in [5, 5.41) is 9.77. The number of benzene rings is 2. The number of ketones is 1. The van der Waals surface area contributed by atoms with Crippen molar-refractivity contribution in [3.05, 3.63) is 54.1 Å². The molecule has 24 heavy (non-hydrogen) atoms. The van der Waals surface area contributed by atoms with Crippen LogP contribution in [-0.4, -0.2) is 18.0 Å². The van der Waals surface area contributed by atoms with E-state index in [1.807, 2.05) is 0 Å². The van der Waals surface area contributed by atoms with Crippen LogP contribution in [0.15, 0.2) is 32.9 Å². The monoisotopic (exact) mass is 492 g/mol. The number of ether oxygens (including phenoxy) is 2. The van der Waals surface area contributed by atoms with Gasteiger partial charge in [-0.25, -0.2) is 0 Å². The van der Waals surface area contributed by atoms with Gasteiger partial charge in [-0.2, -0.15) is 0 Å². The Morgan fingerprint density at radius 1 is 1.21 bits per heavy atom. The van der Waals surface area contributed by atoms with Gasteiger partial charge in [0.2, 0.25) is 5.78 Å². The zero-order chi connectivity index (χ0) is 17.6. The maximum absolute atomic E-state index is 12.6. The minimum Gasteiger partial charge on any atom is -0.505 e. The molecule has 124 valence electrons. The molecule has 0 saturated carbocycles. The molecule has 1 aliphatic heterocycles. The molecular formula is C16H8Br2Cl2O4. The molecule has 0 unspecified atom stereocenters. The van der Waals surface area contributed by atoms with E-state index in [0.717, 1.165) is 0 Å². The Labute approximate surface area is 164 Å². The molecule has 0 aliphatic carbocycles. The lowest BCUT2D eigenvalue weighted by Crippen LogP contribution is -1.98. The SMILES string of the molecule is COc1c(Br)cc2c(c1Br)O/C(=C\c1cc(Cl)c(O)c(Cl)c1)C2=O. The zero-order valence-corrected chi connectivity index (χ0v) is 16.7. The summed E-state index contributed by atoms with van der Waals surface area (Å²) in [6.45, 7) is 0. The van der Waals surface area contributed by atoms with Gasteiger partial charge in [0.1, 0.15) is 4.47 Å². The summed E-state index contributed by atoms with van der Waals surface area (Å²) in [6.07, 6.45) is 1.51. The number of rotatable bonds is 2. The van der Waals surface area contributed by atoms with Gasteiger partial charge in [0.15, 0.2) is 23.0 Å². The van der Waals surface area contributed by atoms with Crippen LogP contribution in [-0.2, 0) is 0 Å². The molecule has 3 rings (SSSR count). The molecule has 1 aliphatic rings. The van der Waals surface area contributed by atoms with Gasteiger partial charge < -0.3 is 14.6 Å². The summed E-state index contributed by atoms with van der Waals surface area (Å²) in [6, 6.07) is 4.61. The highest BCUT2D eigenvalue weighted by Crippen LogP contribution is 2.47. The molecule has 1 heterocycles. The molecule has 0 radical (unpaired) electrons. The molecule has 0 amide bonds. The van der Waals surface area contributed by atoms with Crippen molar-refractivity contribution in [2.45, 2.75) is 0 Å². The summed E-state index contributed by atoms with van der Waals surface area (Å²) < 4.78 is 12.1. The summed E-state index contributed by atoms with van der Waals surface area (Å²) in [7, 11) is 1.52. The van der Waals surface area contributed by atoms with Crippen molar-refractivity contribution in [1.82, 2.24) is 0 Å². The highest BCUT2D eigenvalue weighted by Gasteiger charge is 2.32. The van der Waals surface area contributed by atoms with E-state index in [0.29, 0.717) is 31.6 Å². The van der Waals surface area contributed by atoms with Crippen molar-refractivity contribution < 1.29 is 19.4 Å². The Morgan fingerprint density at radius 3 is 2.42 bits per heavy atom. The molecule has 1 N–H and O–H groups in total. The van der Waals surface area contributed by atoms with Crippen LogP contribution in [0.5, 0.6) is 17.2 Å². The van der Waals surface area contributed by atoms with Gasteiger partial charge in [-0.15, -0.1) is 0 Å². The number of halogens is 4. The summed E-state index contributed by atoms with van der Waals surface area (Å²) >= 11 is 18.5. The Hall–Kier alpha value is -1.21. The first-order valence-corrected chi connectivity index (χ1v) is 8.86. The Morgan fingerprint density at radius 2 is 1.83 bits per heavy atom. The molecule has 0 bridgehead atoms. The van der Waals surface area contributed by atoms with Crippen LogP contribution >= 0.6 is 55.1 Å². The van der Waals surface area contributed by atoms with Crippen LogP contribution in [0.2, 0.25) is 10.0 Å². The zero-order valence-electron chi connectivity index (χ0n) is 12.0. The second-order valence-corrected chi connectivity index (χ2v) is 7.32. The Kier molecular flexibility index (Phi) is 4.84. The smallest absolute Gasteiger partial charge is 0.232 e. The number of hydrogen-bond acceptors (Lipinski definition) is 4. The van der Waals surface area contributed by atoms with Crippen molar-refractivity contribution in [1.29, 1.82) is 0 Å². The number of carbonyl (C=O) groups is 1. The number of carbonyl (C=O) groups excluding carboxylic acids is 1. The number of fused-ring (bicyclic) bond motifs is 1.